The average molecular weight is 524 g/mol. The molecule has 0 aromatic heterocycles. The fraction of sp³-hybridized carbons (Fsp3) is 0.321. The van der Waals surface area contributed by atoms with Crippen molar-refractivity contribution in [2.45, 2.75) is 30.7 Å². The van der Waals surface area contributed by atoms with Crippen LogP contribution in [-0.4, -0.2) is 56.3 Å². The minimum Gasteiger partial charge on any atom is -0.312 e. The van der Waals surface area contributed by atoms with Crippen LogP contribution in [0.3, 0.4) is 0 Å². The second kappa shape index (κ2) is 10.3. The van der Waals surface area contributed by atoms with Crippen molar-refractivity contribution in [1.82, 2.24) is 9.21 Å². The molecule has 0 spiro atoms. The topological polar surface area (TPSA) is 60.9 Å². The molecule has 0 bridgehead atoms. The summed E-state index contributed by atoms with van der Waals surface area (Å²) in [6.45, 7) is 4.51. The largest absolute Gasteiger partial charge is 0.312 e. The van der Waals surface area contributed by atoms with E-state index in [1.165, 1.54) is 5.56 Å². The first-order valence-corrected chi connectivity index (χ1v) is 14.2. The Bertz CT molecular complexity index is 1340. The molecule has 5 rings (SSSR count). The summed E-state index contributed by atoms with van der Waals surface area (Å²) in [5, 5.41) is 0.693. The molecule has 2 aliphatic heterocycles. The minimum absolute atomic E-state index is 0.0235. The van der Waals surface area contributed by atoms with Gasteiger partial charge in [-0.1, -0.05) is 61.0 Å². The van der Waals surface area contributed by atoms with E-state index < -0.39 is 10.0 Å². The third kappa shape index (κ3) is 4.81. The molecule has 2 aliphatic rings. The standard InChI is InChI=1S/C28H30ClN3O3S/c1-2-27(33)32-15-14-23-20-25(12-13-26(23)32)36(34,35)31-18-16-30(17-19-31)28(21-6-4-3-5-7-21)22-8-10-24(29)11-9-22/h3-13,20,28H,2,14-19H2,1H3. The number of nitrogens with zero attached hydrogens (tertiary/aromatic N) is 3. The lowest BCUT2D eigenvalue weighted by molar-refractivity contribution is -0.118. The highest BCUT2D eigenvalue weighted by atomic mass is 35.5. The van der Waals surface area contributed by atoms with E-state index in [0.717, 1.165) is 16.8 Å². The number of amides is 1. The maximum absolute atomic E-state index is 13.5. The molecule has 2 heterocycles. The third-order valence-corrected chi connectivity index (χ3v) is 9.27. The molecule has 1 unspecified atom stereocenters. The zero-order chi connectivity index (χ0) is 25.3. The Kier molecular flexibility index (Phi) is 7.17. The Balaban J connectivity index is 1.34. The highest BCUT2D eigenvalue weighted by molar-refractivity contribution is 7.89. The van der Waals surface area contributed by atoms with Crippen LogP contribution in [0.2, 0.25) is 5.02 Å². The van der Waals surface area contributed by atoms with Crippen molar-refractivity contribution in [2.75, 3.05) is 37.6 Å². The number of fused-ring (bicyclic) bond motifs is 1. The van der Waals surface area contributed by atoms with Gasteiger partial charge in [0.1, 0.15) is 0 Å². The van der Waals surface area contributed by atoms with Gasteiger partial charge >= 0.3 is 0 Å². The van der Waals surface area contributed by atoms with E-state index in [-0.39, 0.29) is 11.9 Å². The summed E-state index contributed by atoms with van der Waals surface area (Å²) in [6, 6.07) is 23.4. The average Bonchev–Trinajstić information content (AvgIpc) is 3.34. The maximum Gasteiger partial charge on any atom is 0.243 e. The fourth-order valence-electron chi connectivity index (χ4n) is 5.23. The van der Waals surface area contributed by atoms with Crippen LogP contribution in [-0.2, 0) is 21.2 Å². The SMILES string of the molecule is CCC(=O)N1CCc2cc(S(=O)(=O)N3CCN(C(c4ccccc4)c4ccc(Cl)cc4)CC3)ccc21. The van der Waals surface area contributed by atoms with Crippen LogP contribution in [0.5, 0.6) is 0 Å². The van der Waals surface area contributed by atoms with Gasteiger partial charge in [-0.2, -0.15) is 4.31 Å². The van der Waals surface area contributed by atoms with Gasteiger partial charge in [0.15, 0.2) is 0 Å². The van der Waals surface area contributed by atoms with E-state index in [4.69, 9.17) is 11.6 Å². The molecular weight excluding hydrogens is 494 g/mol. The molecule has 0 N–H and O–H groups in total. The molecular formula is C28H30ClN3O3S. The zero-order valence-electron chi connectivity index (χ0n) is 20.3. The van der Waals surface area contributed by atoms with Crippen molar-refractivity contribution >= 4 is 33.2 Å². The molecule has 0 aliphatic carbocycles. The summed E-state index contributed by atoms with van der Waals surface area (Å²) in [6.07, 6.45) is 1.11. The monoisotopic (exact) mass is 523 g/mol. The van der Waals surface area contributed by atoms with Crippen molar-refractivity contribution in [2.24, 2.45) is 0 Å². The Morgan fingerprint density at radius 2 is 1.56 bits per heavy atom. The second-order valence-electron chi connectivity index (χ2n) is 9.24. The van der Waals surface area contributed by atoms with Gasteiger partial charge in [0.25, 0.3) is 0 Å². The van der Waals surface area contributed by atoms with Crippen molar-refractivity contribution in [3.63, 3.8) is 0 Å². The lowest BCUT2D eigenvalue weighted by Gasteiger charge is -2.39. The molecule has 1 atom stereocenters. The van der Waals surface area contributed by atoms with E-state index in [1.54, 1.807) is 27.4 Å². The van der Waals surface area contributed by atoms with Crippen LogP contribution >= 0.6 is 11.6 Å². The Morgan fingerprint density at radius 3 is 2.22 bits per heavy atom. The van der Waals surface area contributed by atoms with E-state index in [1.807, 2.05) is 49.4 Å². The van der Waals surface area contributed by atoms with Gasteiger partial charge in [-0.3, -0.25) is 9.69 Å². The quantitative estimate of drug-likeness (QED) is 0.468. The lowest BCUT2D eigenvalue weighted by Crippen LogP contribution is -2.49. The number of sulfonamides is 1. The molecule has 6 nitrogen and oxygen atoms in total. The van der Waals surface area contributed by atoms with Crippen LogP contribution in [0.25, 0.3) is 0 Å². The van der Waals surface area contributed by atoms with E-state index in [9.17, 15) is 13.2 Å². The van der Waals surface area contributed by atoms with Crippen LogP contribution in [0.1, 0.15) is 36.1 Å². The maximum atomic E-state index is 13.5. The van der Waals surface area contributed by atoms with E-state index in [0.29, 0.717) is 55.5 Å². The molecule has 3 aromatic rings. The van der Waals surface area contributed by atoms with Crippen LogP contribution in [0, 0.1) is 0 Å². The third-order valence-electron chi connectivity index (χ3n) is 7.13. The number of benzene rings is 3. The molecule has 1 amide bonds. The Morgan fingerprint density at radius 1 is 0.889 bits per heavy atom. The minimum atomic E-state index is -3.63. The van der Waals surface area contributed by atoms with Gasteiger partial charge in [-0.05, 0) is 53.4 Å². The summed E-state index contributed by atoms with van der Waals surface area (Å²) < 4.78 is 28.6. The lowest BCUT2D eigenvalue weighted by atomic mass is 9.96. The molecule has 0 radical (unpaired) electrons. The number of carbonyl (C=O) groups excluding carboxylic acids is 1. The predicted molar refractivity (Wildman–Crippen MR) is 143 cm³/mol. The Hall–Kier alpha value is -2.71. The van der Waals surface area contributed by atoms with Crippen molar-refractivity contribution < 1.29 is 13.2 Å². The van der Waals surface area contributed by atoms with E-state index >= 15 is 0 Å². The van der Waals surface area contributed by atoms with Crippen LogP contribution in [0.15, 0.2) is 77.7 Å². The first kappa shape index (κ1) is 25.0. The summed E-state index contributed by atoms with van der Waals surface area (Å²) in [5.41, 5.74) is 4.05. The zero-order valence-corrected chi connectivity index (χ0v) is 21.9. The van der Waals surface area contributed by atoms with Gasteiger partial charge in [-0.25, -0.2) is 8.42 Å². The summed E-state index contributed by atoms with van der Waals surface area (Å²) >= 11 is 6.14. The normalized spacial score (nSPS) is 17.7. The number of rotatable bonds is 6. The smallest absolute Gasteiger partial charge is 0.243 e. The Labute approximate surface area is 218 Å². The number of hydrogen-bond acceptors (Lipinski definition) is 4. The van der Waals surface area contributed by atoms with Gasteiger partial charge in [0, 0.05) is 49.9 Å². The second-order valence-corrected chi connectivity index (χ2v) is 11.6. The summed E-state index contributed by atoms with van der Waals surface area (Å²) in [5.74, 6) is 0.0640. The number of piperazine rings is 1. The van der Waals surface area contributed by atoms with Gasteiger partial charge in [0.05, 0.1) is 10.9 Å². The van der Waals surface area contributed by atoms with Crippen LogP contribution in [0.4, 0.5) is 5.69 Å². The van der Waals surface area contributed by atoms with Crippen molar-refractivity contribution in [1.29, 1.82) is 0 Å². The molecule has 188 valence electrons. The molecule has 1 saturated heterocycles. The highest BCUT2D eigenvalue weighted by Gasteiger charge is 2.33. The van der Waals surface area contributed by atoms with E-state index in [2.05, 4.69) is 17.0 Å². The first-order valence-electron chi connectivity index (χ1n) is 12.4. The molecule has 3 aromatic carbocycles. The molecule has 36 heavy (non-hydrogen) atoms. The summed E-state index contributed by atoms with van der Waals surface area (Å²) in [7, 11) is -3.63. The molecule has 1 fully saturated rings. The number of carbonyl (C=O) groups is 1. The van der Waals surface area contributed by atoms with Crippen LogP contribution < -0.4 is 4.90 Å². The van der Waals surface area contributed by atoms with Gasteiger partial charge in [-0.15, -0.1) is 0 Å². The first-order chi connectivity index (χ1) is 17.4. The molecule has 8 heteroatoms. The fourth-order valence-corrected chi connectivity index (χ4v) is 6.83. The highest BCUT2D eigenvalue weighted by Crippen LogP contribution is 2.34. The number of hydrogen-bond donors (Lipinski definition) is 0. The molecule has 0 saturated carbocycles. The summed E-state index contributed by atoms with van der Waals surface area (Å²) in [4.78, 5) is 16.6. The van der Waals surface area contributed by atoms with Crippen molar-refractivity contribution in [3.8, 4) is 0 Å². The van der Waals surface area contributed by atoms with Gasteiger partial charge < -0.3 is 4.90 Å². The number of halogens is 1. The van der Waals surface area contributed by atoms with Gasteiger partial charge in [0.2, 0.25) is 15.9 Å². The van der Waals surface area contributed by atoms with Crippen molar-refractivity contribution in [3.05, 3.63) is 94.5 Å². The number of anilines is 1. The predicted octanol–water partition coefficient (Wildman–Crippen LogP) is 4.74.